The molecule has 156 valence electrons. The van der Waals surface area contributed by atoms with Gasteiger partial charge in [-0.2, -0.15) is 0 Å². The highest BCUT2D eigenvalue weighted by Gasteiger charge is 2.21. The third-order valence-electron chi connectivity index (χ3n) is 4.90. The third-order valence-corrected chi connectivity index (χ3v) is 6.33. The van der Waals surface area contributed by atoms with Gasteiger partial charge in [0.25, 0.3) is 0 Å². The van der Waals surface area contributed by atoms with Gasteiger partial charge in [-0.15, -0.1) is 0 Å². The van der Waals surface area contributed by atoms with Gasteiger partial charge in [0, 0.05) is 6.42 Å². The minimum Gasteiger partial charge on any atom is -0.465 e. The molecule has 26 heavy (non-hydrogen) atoms. The van der Waals surface area contributed by atoms with Crippen molar-refractivity contribution < 1.29 is 23.5 Å². The monoisotopic (exact) mass is 392 g/mol. The summed E-state index contributed by atoms with van der Waals surface area (Å²) in [5.74, 6) is 0.462. The summed E-state index contributed by atoms with van der Waals surface area (Å²) < 4.78 is 22.7. The first-order valence-electron chi connectivity index (χ1n) is 10.5. The Bertz CT molecular complexity index is 400. The van der Waals surface area contributed by atoms with E-state index in [1.165, 1.54) is 0 Å². The maximum absolute atomic E-state index is 12.1. The molecule has 0 aromatic carbocycles. The first-order valence-corrected chi connectivity index (χ1v) is 12.3. The minimum atomic E-state index is -3.61. The topological polar surface area (TPSA) is 72.8 Å². The van der Waals surface area contributed by atoms with Crippen LogP contribution in [0.25, 0.3) is 0 Å². The molecule has 0 spiro atoms. The van der Waals surface area contributed by atoms with Gasteiger partial charge in [-0.3, -0.25) is 9.36 Å². The van der Waals surface area contributed by atoms with Crippen molar-refractivity contribution in [3.05, 3.63) is 0 Å². The largest absolute Gasteiger partial charge is 0.465 e. The van der Waals surface area contributed by atoms with E-state index in [-0.39, 0.29) is 18.6 Å². The maximum atomic E-state index is 12.1. The van der Waals surface area contributed by atoms with Gasteiger partial charge in [0.1, 0.15) is 0 Å². The van der Waals surface area contributed by atoms with Crippen molar-refractivity contribution in [1.82, 2.24) is 0 Å². The molecule has 0 saturated heterocycles. The van der Waals surface area contributed by atoms with E-state index in [2.05, 4.69) is 27.7 Å². The minimum absolute atomic E-state index is 0.0132. The summed E-state index contributed by atoms with van der Waals surface area (Å²) in [4.78, 5) is 21.8. The van der Waals surface area contributed by atoms with E-state index in [0.717, 1.165) is 51.4 Å². The van der Waals surface area contributed by atoms with E-state index >= 15 is 0 Å². The Balaban J connectivity index is 4.00. The van der Waals surface area contributed by atoms with Gasteiger partial charge in [-0.25, -0.2) is 0 Å². The van der Waals surface area contributed by atoms with Crippen LogP contribution in [0.1, 0.15) is 91.9 Å². The van der Waals surface area contributed by atoms with Crippen LogP contribution in [0.4, 0.5) is 0 Å². The van der Waals surface area contributed by atoms with Crippen molar-refractivity contribution in [1.29, 1.82) is 0 Å². The summed E-state index contributed by atoms with van der Waals surface area (Å²) in [5.41, 5.74) is 0. The predicted molar refractivity (Wildman–Crippen MR) is 107 cm³/mol. The van der Waals surface area contributed by atoms with Crippen molar-refractivity contribution in [2.45, 2.75) is 91.9 Å². The van der Waals surface area contributed by atoms with Gasteiger partial charge < -0.3 is 14.2 Å². The molecule has 1 N–H and O–H groups in total. The highest BCUT2D eigenvalue weighted by molar-refractivity contribution is 7.52. The molecule has 0 heterocycles. The zero-order valence-corrected chi connectivity index (χ0v) is 18.3. The standard InChI is InChI=1S/C20H41O5P/c1-5-9-12-18(7-3)16-24-20(21)14-11-15-26(22,23)25-17-19(8-4)13-10-6-2/h18-19H,5-17H2,1-4H3,(H,22,23). The molecule has 0 aliphatic rings. The lowest BCUT2D eigenvalue weighted by Gasteiger charge is -2.18. The summed E-state index contributed by atoms with van der Waals surface area (Å²) in [6.45, 7) is 9.25. The molecule has 0 rings (SSSR count). The van der Waals surface area contributed by atoms with Crippen LogP contribution in [0.2, 0.25) is 0 Å². The first-order chi connectivity index (χ1) is 12.4. The van der Waals surface area contributed by atoms with Gasteiger partial charge >= 0.3 is 13.6 Å². The summed E-state index contributed by atoms with van der Waals surface area (Å²) in [6.07, 6.45) is 9.09. The third kappa shape index (κ3) is 13.8. The van der Waals surface area contributed by atoms with Crippen LogP contribution < -0.4 is 0 Å². The van der Waals surface area contributed by atoms with Crippen molar-refractivity contribution in [2.24, 2.45) is 11.8 Å². The van der Waals surface area contributed by atoms with Crippen LogP contribution in [0, 0.1) is 11.8 Å². The van der Waals surface area contributed by atoms with Crippen LogP contribution in [0.3, 0.4) is 0 Å². The summed E-state index contributed by atoms with van der Waals surface area (Å²) in [5, 5.41) is 0. The fourth-order valence-corrected chi connectivity index (χ4v) is 3.92. The zero-order valence-electron chi connectivity index (χ0n) is 17.4. The first kappa shape index (κ1) is 25.6. The van der Waals surface area contributed by atoms with E-state index < -0.39 is 7.60 Å². The number of carbonyl (C=O) groups is 1. The number of carbonyl (C=O) groups excluding carboxylic acids is 1. The number of hydrogen-bond acceptors (Lipinski definition) is 4. The molecule has 0 saturated carbocycles. The number of esters is 1. The molecule has 3 unspecified atom stereocenters. The predicted octanol–water partition coefficient (Wildman–Crippen LogP) is 5.94. The molecule has 5 nitrogen and oxygen atoms in total. The van der Waals surface area contributed by atoms with Crippen molar-refractivity contribution in [3.8, 4) is 0 Å². The Hall–Kier alpha value is -0.380. The second-order valence-corrected chi connectivity index (χ2v) is 9.26. The molecule has 0 radical (unpaired) electrons. The van der Waals surface area contributed by atoms with E-state index in [9.17, 15) is 14.3 Å². The van der Waals surface area contributed by atoms with Gasteiger partial charge in [-0.1, -0.05) is 66.2 Å². The van der Waals surface area contributed by atoms with E-state index in [1.807, 2.05) is 0 Å². The summed E-state index contributed by atoms with van der Waals surface area (Å²) >= 11 is 0. The van der Waals surface area contributed by atoms with Crippen LogP contribution in [-0.4, -0.2) is 30.2 Å². The number of unbranched alkanes of at least 4 members (excludes halogenated alkanes) is 2. The Morgan fingerprint density at radius 3 is 1.96 bits per heavy atom. The smallest absolute Gasteiger partial charge is 0.328 e. The number of ether oxygens (including phenoxy) is 1. The Kier molecular flexibility index (Phi) is 15.4. The second kappa shape index (κ2) is 15.7. The van der Waals surface area contributed by atoms with E-state index in [1.54, 1.807) is 0 Å². The molecule has 0 aromatic rings. The van der Waals surface area contributed by atoms with Crippen molar-refractivity contribution in [3.63, 3.8) is 0 Å². The molecular formula is C20H41O5P. The summed E-state index contributed by atoms with van der Waals surface area (Å²) in [7, 11) is -3.61. The van der Waals surface area contributed by atoms with Crippen LogP contribution in [0.5, 0.6) is 0 Å². The quantitative estimate of drug-likeness (QED) is 0.245. The molecule has 3 atom stereocenters. The fourth-order valence-electron chi connectivity index (χ4n) is 2.79. The molecule has 6 heteroatoms. The van der Waals surface area contributed by atoms with Crippen LogP contribution in [-0.2, 0) is 18.6 Å². The highest BCUT2D eigenvalue weighted by atomic mass is 31.2. The number of rotatable bonds is 17. The van der Waals surface area contributed by atoms with Gasteiger partial charge in [0.2, 0.25) is 0 Å². The van der Waals surface area contributed by atoms with Crippen LogP contribution in [0.15, 0.2) is 0 Å². The van der Waals surface area contributed by atoms with E-state index in [0.29, 0.717) is 31.5 Å². The molecule has 0 aliphatic heterocycles. The lowest BCUT2D eigenvalue weighted by molar-refractivity contribution is -0.145. The highest BCUT2D eigenvalue weighted by Crippen LogP contribution is 2.43. The maximum Gasteiger partial charge on any atom is 0.328 e. The fraction of sp³-hybridized carbons (Fsp3) is 0.950. The van der Waals surface area contributed by atoms with Gasteiger partial charge in [0.05, 0.1) is 19.4 Å². The molecule has 0 aromatic heterocycles. The van der Waals surface area contributed by atoms with Gasteiger partial charge in [0.15, 0.2) is 0 Å². The SMILES string of the molecule is CCCCC(CC)COC(=O)CCCP(=O)(O)OCC(CC)CCCC. The molecule has 0 fully saturated rings. The van der Waals surface area contributed by atoms with Crippen molar-refractivity contribution in [2.75, 3.05) is 19.4 Å². The van der Waals surface area contributed by atoms with E-state index in [4.69, 9.17) is 9.26 Å². The second-order valence-electron chi connectivity index (χ2n) is 7.28. The molecule has 0 aliphatic carbocycles. The average Bonchev–Trinajstić information content (AvgIpc) is 2.62. The average molecular weight is 393 g/mol. The Labute approximate surface area is 160 Å². The van der Waals surface area contributed by atoms with Crippen molar-refractivity contribution >= 4 is 13.6 Å². The Morgan fingerprint density at radius 1 is 0.923 bits per heavy atom. The number of hydrogen-bond donors (Lipinski definition) is 1. The van der Waals surface area contributed by atoms with Gasteiger partial charge in [-0.05, 0) is 31.1 Å². The summed E-state index contributed by atoms with van der Waals surface area (Å²) in [6, 6.07) is 0. The molecular weight excluding hydrogens is 351 g/mol. The zero-order chi connectivity index (χ0) is 19.8. The van der Waals surface area contributed by atoms with Crippen LogP contribution >= 0.6 is 7.60 Å². The lowest BCUT2D eigenvalue weighted by atomic mass is 10.0. The Morgan fingerprint density at radius 2 is 1.46 bits per heavy atom. The lowest BCUT2D eigenvalue weighted by Crippen LogP contribution is -2.14. The molecule has 0 bridgehead atoms. The molecule has 0 amide bonds. The normalized spacial score (nSPS) is 16.0.